The highest BCUT2D eigenvalue weighted by Crippen LogP contribution is 2.23. The highest BCUT2D eigenvalue weighted by Gasteiger charge is 2.26. The van der Waals surface area contributed by atoms with Gasteiger partial charge in [-0.3, -0.25) is 9.69 Å². The lowest BCUT2D eigenvalue weighted by Crippen LogP contribution is -2.53. The minimum atomic E-state index is -1.04. The Labute approximate surface area is 119 Å². The molecule has 0 radical (unpaired) electrons. The van der Waals surface area contributed by atoms with Crippen LogP contribution in [0, 0.1) is 0 Å². The normalized spacial score (nSPS) is 21.9. The van der Waals surface area contributed by atoms with Crippen molar-refractivity contribution in [1.29, 1.82) is 0 Å². The molecule has 0 aromatic rings. The van der Waals surface area contributed by atoms with Crippen LogP contribution in [0.15, 0.2) is 0 Å². The largest absolute Gasteiger partial charge is 0.480 e. The van der Waals surface area contributed by atoms with E-state index in [9.17, 15) is 9.59 Å². The molecule has 0 aromatic heterocycles. The van der Waals surface area contributed by atoms with E-state index in [2.05, 4.69) is 4.90 Å². The molecule has 2 fully saturated rings. The molecule has 1 saturated carbocycles. The molecule has 0 aromatic carbocycles. The molecule has 0 unspecified atom stereocenters. The number of carbonyl (C=O) groups excluding carboxylic acids is 1. The first-order chi connectivity index (χ1) is 9.66. The van der Waals surface area contributed by atoms with Gasteiger partial charge in [-0.05, 0) is 12.8 Å². The van der Waals surface area contributed by atoms with Crippen molar-refractivity contribution in [2.24, 2.45) is 0 Å². The Balaban J connectivity index is 1.67. The summed E-state index contributed by atoms with van der Waals surface area (Å²) < 4.78 is 4.85. The number of amides is 1. The summed E-state index contributed by atoms with van der Waals surface area (Å²) in [6.07, 6.45) is 6.58. The summed E-state index contributed by atoms with van der Waals surface area (Å²) in [6.45, 7) is 2.77. The third-order valence-corrected chi connectivity index (χ3v) is 4.21. The standard InChI is InChI=1S/C14H24N2O4/c17-13(10-20-11-14(18)19)16-8-6-15(7-9-16)12-4-2-1-3-5-12/h12H,1-11H2,(H,18,19). The summed E-state index contributed by atoms with van der Waals surface area (Å²) in [5.41, 5.74) is 0. The number of aliphatic carboxylic acids is 1. The highest BCUT2D eigenvalue weighted by atomic mass is 16.5. The molecule has 0 spiro atoms. The summed E-state index contributed by atoms with van der Waals surface area (Å²) in [6, 6.07) is 0.698. The number of piperazine rings is 1. The van der Waals surface area contributed by atoms with Gasteiger partial charge in [0.05, 0.1) is 0 Å². The fourth-order valence-electron chi connectivity index (χ4n) is 3.10. The molecular weight excluding hydrogens is 260 g/mol. The van der Waals surface area contributed by atoms with Crippen molar-refractivity contribution in [1.82, 2.24) is 9.80 Å². The second kappa shape index (κ2) is 7.59. The number of carboxylic acids is 1. The van der Waals surface area contributed by atoms with Crippen LogP contribution in [0.3, 0.4) is 0 Å². The van der Waals surface area contributed by atoms with E-state index in [0.717, 1.165) is 26.2 Å². The van der Waals surface area contributed by atoms with Gasteiger partial charge in [0.15, 0.2) is 0 Å². The molecule has 114 valence electrons. The van der Waals surface area contributed by atoms with E-state index in [1.54, 1.807) is 4.90 Å². The minimum absolute atomic E-state index is 0.102. The molecule has 0 atom stereocenters. The van der Waals surface area contributed by atoms with Crippen LogP contribution in [0.4, 0.5) is 0 Å². The lowest BCUT2D eigenvalue weighted by Gasteiger charge is -2.40. The number of carboxylic acid groups (broad SMARTS) is 1. The maximum Gasteiger partial charge on any atom is 0.329 e. The Morgan fingerprint density at radius 2 is 1.65 bits per heavy atom. The molecule has 6 nitrogen and oxygen atoms in total. The van der Waals surface area contributed by atoms with Gasteiger partial charge in [0, 0.05) is 32.2 Å². The van der Waals surface area contributed by atoms with Crippen LogP contribution in [-0.2, 0) is 14.3 Å². The van der Waals surface area contributed by atoms with Gasteiger partial charge in [-0.2, -0.15) is 0 Å². The van der Waals surface area contributed by atoms with Gasteiger partial charge >= 0.3 is 5.97 Å². The zero-order valence-electron chi connectivity index (χ0n) is 11.9. The highest BCUT2D eigenvalue weighted by molar-refractivity contribution is 5.78. The number of nitrogens with zero attached hydrogens (tertiary/aromatic N) is 2. The average Bonchev–Trinajstić information content (AvgIpc) is 2.48. The van der Waals surface area contributed by atoms with Crippen molar-refractivity contribution in [2.75, 3.05) is 39.4 Å². The van der Waals surface area contributed by atoms with Crippen LogP contribution in [0.1, 0.15) is 32.1 Å². The monoisotopic (exact) mass is 284 g/mol. The summed E-state index contributed by atoms with van der Waals surface area (Å²) in [5.74, 6) is -1.14. The molecule has 1 amide bonds. The first-order valence-corrected chi connectivity index (χ1v) is 7.48. The van der Waals surface area contributed by atoms with Gasteiger partial charge in [-0.15, -0.1) is 0 Å². The first kappa shape index (κ1) is 15.3. The van der Waals surface area contributed by atoms with E-state index < -0.39 is 12.6 Å². The summed E-state index contributed by atoms with van der Waals surface area (Å²) >= 11 is 0. The second-order valence-corrected chi connectivity index (χ2v) is 5.60. The maximum absolute atomic E-state index is 11.9. The first-order valence-electron chi connectivity index (χ1n) is 7.48. The van der Waals surface area contributed by atoms with Crippen LogP contribution >= 0.6 is 0 Å². The number of hydrogen-bond acceptors (Lipinski definition) is 4. The van der Waals surface area contributed by atoms with Gasteiger partial charge in [-0.25, -0.2) is 4.79 Å². The molecule has 2 rings (SSSR count). The van der Waals surface area contributed by atoms with Crippen LogP contribution in [0.25, 0.3) is 0 Å². The van der Waals surface area contributed by atoms with Crippen molar-refractivity contribution in [3.05, 3.63) is 0 Å². The Bertz CT molecular complexity index is 334. The molecule has 0 bridgehead atoms. The van der Waals surface area contributed by atoms with E-state index >= 15 is 0 Å². The van der Waals surface area contributed by atoms with E-state index in [-0.39, 0.29) is 12.5 Å². The zero-order chi connectivity index (χ0) is 14.4. The van der Waals surface area contributed by atoms with E-state index in [0.29, 0.717) is 6.04 Å². The lowest BCUT2D eigenvalue weighted by molar-refractivity contribution is -0.146. The van der Waals surface area contributed by atoms with Gasteiger partial charge < -0.3 is 14.7 Å². The maximum atomic E-state index is 11.9. The SMILES string of the molecule is O=C(O)COCC(=O)N1CCN(C2CCCCC2)CC1. The number of rotatable bonds is 5. The minimum Gasteiger partial charge on any atom is -0.480 e. The molecule has 1 heterocycles. The van der Waals surface area contributed by atoms with Crippen LogP contribution in [-0.4, -0.2) is 72.2 Å². The van der Waals surface area contributed by atoms with Crippen LogP contribution < -0.4 is 0 Å². The number of carbonyl (C=O) groups is 2. The zero-order valence-corrected chi connectivity index (χ0v) is 11.9. The second-order valence-electron chi connectivity index (χ2n) is 5.60. The quantitative estimate of drug-likeness (QED) is 0.799. The topological polar surface area (TPSA) is 70.1 Å². The van der Waals surface area contributed by atoms with Gasteiger partial charge in [0.1, 0.15) is 13.2 Å². The van der Waals surface area contributed by atoms with Gasteiger partial charge in [-0.1, -0.05) is 19.3 Å². The van der Waals surface area contributed by atoms with Crippen LogP contribution in [0.2, 0.25) is 0 Å². The van der Waals surface area contributed by atoms with Crippen molar-refractivity contribution >= 4 is 11.9 Å². The van der Waals surface area contributed by atoms with Gasteiger partial charge in [0.2, 0.25) is 5.91 Å². The Morgan fingerprint density at radius 3 is 2.25 bits per heavy atom. The molecule has 2 aliphatic rings. The summed E-state index contributed by atoms with van der Waals surface area (Å²) in [4.78, 5) is 26.5. The van der Waals surface area contributed by atoms with Crippen molar-refractivity contribution < 1.29 is 19.4 Å². The lowest BCUT2D eigenvalue weighted by atomic mass is 9.94. The Hall–Kier alpha value is -1.14. The number of ether oxygens (including phenoxy) is 1. The molecule has 1 aliphatic carbocycles. The summed E-state index contributed by atoms with van der Waals surface area (Å²) in [7, 11) is 0. The predicted octanol–water partition coefficient (Wildman–Crippen LogP) is 0.565. The Morgan fingerprint density at radius 1 is 1.00 bits per heavy atom. The molecule has 1 aliphatic heterocycles. The molecule has 1 saturated heterocycles. The number of hydrogen-bond donors (Lipinski definition) is 1. The summed E-state index contributed by atoms with van der Waals surface area (Å²) in [5, 5.41) is 8.46. The Kier molecular flexibility index (Phi) is 5.79. The molecule has 20 heavy (non-hydrogen) atoms. The van der Waals surface area contributed by atoms with Crippen molar-refractivity contribution in [3.63, 3.8) is 0 Å². The molecule has 6 heteroatoms. The van der Waals surface area contributed by atoms with Gasteiger partial charge in [0.25, 0.3) is 0 Å². The molecule has 1 N–H and O–H groups in total. The van der Waals surface area contributed by atoms with Crippen molar-refractivity contribution in [3.8, 4) is 0 Å². The third-order valence-electron chi connectivity index (χ3n) is 4.21. The van der Waals surface area contributed by atoms with Crippen LogP contribution in [0.5, 0.6) is 0 Å². The van der Waals surface area contributed by atoms with E-state index in [4.69, 9.17) is 9.84 Å². The third kappa shape index (κ3) is 4.45. The predicted molar refractivity (Wildman–Crippen MR) is 73.5 cm³/mol. The molecular formula is C14H24N2O4. The van der Waals surface area contributed by atoms with E-state index in [1.165, 1.54) is 32.1 Å². The smallest absolute Gasteiger partial charge is 0.329 e. The average molecular weight is 284 g/mol. The fourth-order valence-corrected chi connectivity index (χ4v) is 3.10. The van der Waals surface area contributed by atoms with E-state index in [1.807, 2.05) is 0 Å². The fraction of sp³-hybridized carbons (Fsp3) is 0.857. The van der Waals surface area contributed by atoms with Crippen molar-refractivity contribution in [2.45, 2.75) is 38.1 Å².